The number of hydrogen-bond donors (Lipinski definition) is 6. The molecule has 1 saturated heterocycles. The number of nitrogens with one attached hydrogen (secondary N) is 1. The van der Waals surface area contributed by atoms with Crippen molar-refractivity contribution in [1.29, 1.82) is 0 Å². The van der Waals surface area contributed by atoms with Gasteiger partial charge in [-0.05, 0) is 19.3 Å². The van der Waals surface area contributed by atoms with Gasteiger partial charge in [-0.2, -0.15) is 0 Å². The summed E-state index contributed by atoms with van der Waals surface area (Å²) in [5, 5.41) is 47.5. The molecule has 1 heterocycles. The van der Waals surface area contributed by atoms with Gasteiger partial charge in [0, 0.05) is 38.9 Å². The fraction of sp³-hybridized carbons (Fsp3) is 0.846. The Morgan fingerprint density at radius 3 is 2.36 bits per heavy atom. The Morgan fingerprint density at radius 2 is 1.82 bits per heavy atom. The third-order valence-electron chi connectivity index (χ3n) is 3.46. The Hall–Kier alpha value is -1.26. The van der Waals surface area contributed by atoms with Gasteiger partial charge in [-0.25, -0.2) is 0 Å². The van der Waals surface area contributed by atoms with E-state index in [-0.39, 0.29) is 18.9 Å². The van der Waals surface area contributed by atoms with E-state index >= 15 is 0 Å². The molecule has 0 atom stereocenters. The van der Waals surface area contributed by atoms with Crippen LogP contribution in [0.5, 0.6) is 0 Å². The molecule has 9 nitrogen and oxygen atoms in total. The van der Waals surface area contributed by atoms with E-state index in [9.17, 15) is 19.8 Å². The number of hydrogen-bond acceptors (Lipinski definition) is 7. The maximum absolute atomic E-state index is 11.6. The molecule has 1 fully saturated rings. The predicted octanol–water partition coefficient (Wildman–Crippen LogP) is -2.40. The molecular weight excluding hydrogens is 296 g/mol. The van der Waals surface area contributed by atoms with E-state index in [4.69, 9.17) is 15.3 Å². The Balaban J connectivity index is 2.20. The third-order valence-corrected chi connectivity index (χ3v) is 3.46. The number of carbonyl (C=O) groups is 2. The molecule has 128 valence electrons. The van der Waals surface area contributed by atoms with Gasteiger partial charge in [0.2, 0.25) is 11.7 Å². The van der Waals surface area contributed by atoms with Crippen LogP contribution >= 0.6 is 0 Å². The van der Waals surface area contributed by atoms with Crippen LogP contribution in [-0.4, -0.2) is 73.6 Å². The highest BCUT2D eigenvalue weighted by Gasteiger charge is 2.33. The zero-order chi connectivity index (χ0) is 16.8. The highest BCUT2D eigenvalue weighted by molar-refractivity contribution is 5.82. The average Bonchev–Trinajstić information content (AvgIpc) is 2.78. The van der Waals surface area contributed by atoms with E-state index in [2.05, 4.69) is 5.32 Å². The summed E-state index contributed by atoms with van der Waals surface area (Å²) >= 11 is 0. The number of carbonyl (C=O) groups excluding carboxylic acids is 2. The molecular formula is C13H24N2O7. The van der Waals surface area contributed by atoms with Crippen LogP contribution in [-0.2, 0) is 9.59 Å². The average molecular weight is 320 g/mol. The van der Waals surface area contributed by atoms with Gasteiger partial charge in [0.1, 0.15) is 0 Å². The van der Waals surface area contributed by atoms with Crippen molar-refractivity contribution in [1.82, 2.24) is 10.2 Å². The Kier molecular flexibility index (Phi) is 6.69. The smallest absolute Gasteiger partial charge is 0.279 e. The van der Waals surface area contributed by atoms with E-state index in [1.807, 2.05) is 0 Å². The van der Waals surface area contributed by atoms with Crippen LogP contribution in [0.4, 0.5) is 0 Å². The van der Waals surface area contributed by atoms with Gasteiger partial charge >= 0.3 is 0 Å². The zero-order valence-corrected chi connectivity index (χ0v) is 12.4. The molecule has 0 aromatic rings. The van der Waals surface area contributed by atoms with Crippen LogP contribution in [0, 0.1) is 0 Å². The monoisotopic (exact) mass is 320 g/mol. The van der Waals surface area contributed by atoms with Crippen molar-refractivity contribution in [2.24, 2.45) is 0 Å². The van der Waals surface area contributed by atoms with Crippen LogP contribution < -0.4 is 5.32 Å². The summed E-state index contributed by atoms with van der Waals surface area (Å²) in [6, 6.07) is 0. The van der Waals surface area contributed by atoms with Gasteiger partial charge in [0.15, 0.2) is 0 Å². The quantitative estimate of drug-likeness (QED) is 0.205. The first-order valence-electron chi connectivity index (χ1n) is 7.30. The molecule has 1 rings (SSSR count). The zero-order valence-electron chi connectivity index (χ0n) is 12.4. The molecule has 0 saturated carbocycles. The molecule has 0 aromatic heterocycles. The molecule has 0 bridgehead atoms. The fourth-order valence-corrected chi connectivity index (χ4v) is 2.24. The third kappa shape index (κ3) is 6.67. The summed E-state index contributed by atoms with van der Waals surface area (Å²) in [4.78, 5) is 24.7. The highest BCUT2D eigenvalue weighted by atomic mass is 16.7. The Bertz CT molecular complexity index is 392. The van der Waals surface area contributed by atoms with E-state index in [0.717, 1.165) is 6.42 Å². The SMILES string of the molecule is O=C1CCCN1CCCNC(=O)C(O)(O)CCCC(O)(O)O. The number of aliphatic hydroxyl groups is 5. The first-order valence-corrected chi connectivity index (χ1v) is 7.30. The molecule has 22 heavy (non-hydrogen) atoms. The molecule has 0 unspecified atom stereocenters. The Labute approximate surface area is 128 Å². The Morgan fingerprint density at radius 1 is 1.14 bits per heavy atom. The second-order valence-corrected chi connectivity index (χ2v) is 5.54. The maximum Gasteiger partial charge on any atom is 0.279 e. The van der Waals surface area contributed by atoms with Gasteiger partial charge in [0.05, 0.1) is 0 Å². The van der Waals surface area contributed by atoms with Crippen molar-refractivity contribution in [3.8, 4) is 0 Å². The molecule has 9 heteroatoms. The van der Waals surface area contributed by atoms with E-state index in [1.54, 1.807) is 4.90 Å². The van der Waals surface area contributed by atoms with Gasteiger partial charge in [-0.15, -0.1) is 0 Å². The number of amides is 2. The number of nitrogens with zero attached hydrogens (tertiary/aromatic N) is 1. The molecule has 0 spiro atoms. The van der Waals surface area contributed by atoms with E-state index in [1.165, 1.54) is 0 Å². The molecule has 1 aliphatic rings. The minimum atomic E-state index is -2.89. The van der Waals surface area contributed by atoms with Crippen molar-refractivity contribution in [2.75, 3.05) is 19.6 Å². The normalized spacial score (nSPS) is 16.2. The predicted molar refractivity (Wildman–Crippen MR) is 73.8 cm³/mol. The fourth-order valence-electron chi connectivity index (χ4n) is 2.24. The molecule has 0 aromatic carbocycles. The lowest BCUT2D eigenvalue weighted by atomic mass is 10.1. The van der Waals surface area contributed by atoms with E-state index < -0.39 is 30.5 Å². The molecule has 1 aliphatic heterocycles. The second-order valence-electron chi connectivity index (χ2n) is 5.54. The summed E-state index contributed by atoms with van der Waals surface area (Å²) in [5.41, 5.74) is 0. The molecule has 0 radical (unpaired) electrons. The number of likely N-dealkylation sites (tertiary alicyclic amines) is 1. The maximum atomic E-state index is 11.6. The topological polar surface area (TPSA) is 151 Å². The van der Waals surface area contributed by atoms with Crippen molar-refractivity contribution in [2.45, 2.75) is 50.3 Å². The van der Waals surface area contributed by atoms with Gasteiger partial charge in [-0.1, -0.05) is 0 Å². The van der Waals surface area contributed by atoms with Crippen molar-refractivity contribution >= 4 is 11.8 Å². The van der Waals surface area contributed by atoms with Gasteiger partial charge in [-0.3, -0.25) is 9.59 Å². The lowest BCUT2D eigenvalue weighted by molar-refractivity contribution is -0.316. The lowest BCUT2D eigenvalue weighted by Crippen LogP contribution is -2.47. The van der Waals surface area contributed by atoms with Crippen LogP contribution in [0.25, 0.3) is 0 Å². The van der Waals surface area contributed by atoms with Crippen LogP contribution in [0.2, 0.25) is 0 Å². The minimum Gasteiger partial charge on any atom is -0.358 e. The second kappa shape index (κ2) is 7.84. The lowest BCUT2D eigenvalue weighted by Gasteiger charge is -2.22. The van der Waals surface area contributed by atoms with Crippen molar-refractivity contribution < 1.29 is 35.1 Å². The summed E-state index contributed by atoms with van der Waals surface area (Å²) < 4.78 is 0. The highest BCUT2D eigenvalue weighted by Crippen LogP contribution is 2.15. The van der Waals surface area contributed by atoms with Crippen LogP contribution in [0.1, 0.15) is 38.5 Å². The summed E-state index contributed by atoms with van der Waals surface area (Å²) in [6.07, 6.45) is 0.744. The first kappa shape index (κ1) is 18.8. The van der Waals surface area contributed by atoms with Crippen LogP contribution in [0.3, 0.4) is 0 Å². The summed E-state index contributed by atoms with van der Waals surface area (Å²) in [6.45, 7) is 1.41. The van der Waals surface area contributed by atoms with Crippen LogP contribution in [0.15, 0.2) is 0 Å². The van der Waals surface area contributed by atoms with Gasteiger partial charge in [0.25, 0.3) is 11.9 Å². The first-order chi connectivity index (χ1) is 10.1. The van der Waals surface area contributed by atoms with Gasteiger partial charge < -0.3 is 35.7 Å². The van der Waals surface area contributed by atoms with Crippen molar-refractivity contribution in [3.63, 3.8) is 0 Å². The largest absolute Gasteiger partial charge is 0.358 e. The summed E-state index contributed by atoms with van der Waals surface area (Å²) in [5.74, 6) is -6.45. The van der Waals surface area contributed by atoms with E-state index in [0.29, 0.717) is 25.9 Å². The van der Waals surface area contributed by atoms with Crippen molar-refractivity contribution in [3.05, 3.63) is 0 Å². The molecule has 6 N–H and O–H groups in total. The minimum absolute atomic E-state index is 0.0884. The number of rotatable bonds is 9. The molecule has 2 amide bonds. The standard InChI is InChI=1S/C13H24N2O7/c16-10-4-1-8-15(10)9-3-7-14-11(17)12(18,19)5-2-6-13(20,21)22/h18-22H,1-9H2,(H,14,17). The summed E-state index contributed by atoms with van der Waals surface area (Å²) in [7, 11) is 0. The molecule has 0 aliphatic carbocycles.